The third-order valence-electron chi connectivity index (χ3n) is 1.35. The Morgan fingerprint density at radius 2 is 2.44 bits per heavy atom. The Morgan fingerprint density at radius 3 is 2.67 bits per heavy atom. The van der Waals surface area contributed by atoms with Crippen molar-refractivity contribution in [3.63, 3.8) is 0 Å². The topological polar surface area (TPSA) is 29.1 Å². The first-order valence-electron chi connectivity index (χ1n) is 2.77. The highest BCUT2D eigenvalue weighted by Crippen LogP contribution is 2.12. The molecule has 0 aliphatic carbocycles. The van der Waals surface area contributed by atoms with Gasteiger partial charge in [-0.05, 0) is 0 Å². The number of hydrogen-bond donors (Lipinski definition) is 1. The first-order valence-corrected chi connectivity index (χ1v) is 3.85. The molecular formula is C5H7FINO. The maximum atomic E-state index is 12.3. The van der Waals surface area contributed by atoms with Crippen molar-refractivity contribution in [3.05, 3.63) is 0 Å². The molecule has 9 heavy (non-hydrogen) atoms. The largest absolute Gasteiger partial charge is 0.304 e. The van der Waals surface area contributed by atoms with Crippen LogP contribution in [0.1, 0.15) is 6.42 Å². The average molecular weight is 243 g/mol. The Bertz CT molecular complexity index is 130. The summed E-state index contributed by atoms with van der Waals surface area (Å²) < 4.78 is 12.3. The Hall–Kier alpha value is 0.290. The van der Waals surface area contributed by atoms with Crippen molar-refractivity contribution in [1.82, 2.24) is 5.32 Å². The van der Waals surface area contributed by atoms with Crippen LogP contribution in [0.4, 0.5) is 4.39 Å². The highest BCUT2D eigenvalue weighted by Gasteiger charge is 2.27. The van der Waals surface area contributed by atoms with E-state index in [-0.39, 0.29) is 9.83 Å². The zero-order valence-corrected chi connectivity index (χ0v) is 6.89. The fourth-order valence-electron chi connectivity index (χ4n) is 0.865. The van der Waals surface area contributed by atoms with Gasteiger partial charge in [0.1, 0.15) is 6.17 Å². The Labute approximate surface area is 66.3 Å². The van der Waals surface area contributed by atoms with Crippen molar-refractivity contribution < 1.29 is 9.18 Å². The van der Waals surface area contributed by atoms with E-state index in [9.17, 15) is 9.18 Å². The summed E-state index contributed by atoms with van der Waals surface area (Å²) in [6.07, 6.45) is -0.476. The second kappa shape index (κ2) is 2.92. The first kappa shape index (κ1) is 7.40. The molecule has 0 radical (unpaired) electrons. The van der Waals surface area contributed by atoms with Crippen LogP contribution in [0, 0.1) is 0 Å². The second-order valence-corrected chi connectivity index (χ2v) is 3.16. The SMILES string of the molecule is O=C(I)[C@@H]1C[C@@H](F)CN1. The molecule has 0 saturated carbocycles. The summed E-state index contributed by atoms with van der Waals surface area (Å²) >= 11 is 1.69. The summed E-state index contributed by atoms with van der Waals surface area (Å²) in [4.78, 5) is 10.5. The van der Waals surface area contributed by atoms with E-state index >= 15 is 0 Å². The maximum absolute atomic E-state index is 12.3. The molecule has 1 N–H and O–H groups in total. The molecule has 0 aromatic heterocycles. The summed E-state index contributed by atoms with van der Waals surface area (Å²) in [7, 11) is 0. The van der Waals surface area contributed by atoms with E-state index in [2.05, 4.69) is 5.32 Å². The number of carbonyl (C=O) groups is 1. The van der Waals surface area contributed by atoms with Crippen LogP contribution in [0.25, 0.3) is 0 Å². The van der Waals surface area contributed by atoms with Gasteiger partial charge in [0.05, 0.1) is 6.04 Å². The van der Waals surface area contributed by atoms with Crippen molar-refractivity contribution >= 4 is 26.4 Å². The lowest BCUT2D eigenvalue weighted by Gasteiger charge is -1.99. The normalized spacial score (nSPS) is 34.9. The summed E-state index contributed by atoms with van der Waals surface area (Å²) in [6.45, 7) is 0.333. The molecule has 1 rings (SSSR count). The van der Waals surface area contributed by atoms with Gasteiger partial charge in [-0.2, -0.15) is 0 Å². The molecule has 1 aliphatic heterocycles. The van der Waals surface area contributed by atoms with E-state index in [1.54, 1.807) is 22.6 Å². The fraction of sp³-hybridized carbons (Fsp3) is 0.800. The number of alkyl halides is 1. The molecule has 0 amide bonds. The van der Waals surface area contributed by atoms with E-state index in [0.29, 0.717) is 13.0 Å². The highest BCUT2D eigenvalue weighted by molar-refractivity contribution is 14.1. The molecule has 1 heterocycles. The lowest BCUT2D eigenvalue weighted by molar-refractivity contribution is -0.110. The van der Waals surface area contributed by atoms with Crippen LogP contribution in [-0.2, 0) is 4.79 Å². The van der Waals surface area contributed by atoms with Gasteiger partial charge in [-0.1, -0.05) is 0 Å². The van der Waals surface area contributed by atoms with Gasteiger partial charge in [0.15, 0.2) is 0 Å². The van der Waals surface area contributed by atoms with Gasteiger partial charge in [-0.15, -0.1) is 0 Å². The van der Waals surface area contributed by atoms with Crippen LogP contribution in [0.15, 0.2) is 0 Å². The smallest absolute Gasteiger partial charge is 0.209 e. The van der Waals surface area contributed by atoms with Crippen LogP contribution < -0.4 is 5.32 Å². The van der Waals surface area contributed by atoms with Gasteiger partial charge < -0.3 is 5.32 Å². The quantitative estimate of drug-likeness (QED) is 0.541. The highest BCUT2D eigenvalue weighted by atomic mass is 127. The molecule has 4 heteroatoms. The van der Waals surface area contributed by atoms with Gasteiger partial charge in [0, 0.05) is 35.6 Å². The van der Waals surface area contributed by atoms with Crippen molar-refractivity contribution in [2.24, 2.45) is 0 Å². The molecule has 0 aromatic rings. The predicted octanol–water partition coefficient (Wildman–Crippen LogP) is 0.648. The van der Waals surface area contributed by atoms with Gasteiger partial charge in [-0.25, -0.2) is 4.39 Å². The van der Waals surface area contributed by atoms with E-state index in [1.165, 1.54) is 0 Å². The van der Waals surface area contributed by atoms with E-state index in [4.69, 9.17) is 0 Å². The summed E-state index contributed by atoms with van der Waals surface area (Å²) in [5, 5.41) is 2.77. The van der Waals surface area contributed by atoms with Gasteiger partial charge in [0.25, 0.3) is 0 Å². The Kier molecular flexibility index (Phi) is 2.40. The molecule has 2 atom stereocenters. The summed E-state index contributed by atoms with van der Waals surface area (Å²) in [6, 6.07) is -0.236. The Balaban J connectivity index is 2.39. The minimum atomic E-state index is -0.825. The minimum absolute atomic E-state index is 0.00718. The zero-order chi connectivity index (χ0) is 6.85. The predicted molar refractivity (Wildman–Crippen MR) is 40.3 cm³/mol. The molecule has 1 saturated heterocycles. The van der Waals surface area contributed by atoms with Crippen molar-refractivity contribution in [1.29, 1.82) is 0 Å². The number of hydrogen-bond acceptors (Lipinski definition) is 2. The summed E-state index contributed by atoms with van der Waals surface area (Å²) in [5.41, 5.74) is 0. The Morgan fingerprint density at radius 1 is 1.78 bits per heavy atom. The van der Waals surface area contributed by atoms with E-state index in [0.717, 1.165) is 0 Å². The lowest BCUT2D eigenvalue weighted by Crippen LogP contribution is -2.26. The van der Waals surface area contributed by atoms with E-state index < -0.39 is 6.17 Å². The van der Waals surface area contributed by atoms with Crippen molar-refractivity contribution in [3.8, 4) is 0 Å². The number of rotatable bonds is 1. The average Bonchev–Trinajstić information content (AvgIpc) is 2.14. The van der Waals surface area contributed by atoms with E-state index in [1.807, 2.05) is 0 Å². The molecule has 0 spiro atoms. The first-order chi connectivity index (χ1) is 4.20. The maximum Gasteiger partial charge on any atom is 0.209 e. The van der Waals surface area contributed by atoms with Crippen molar-refractivity contribution in [2.75, 3.05) is 6.54 Å². The fourth-order valence-corrected chi connectivity index (χ4v) is 1.34. The molecule has 0 aromatic carbocycles. The molecule has 2 nitrogen and oxygen atoms in total. The number of carbonyl (C=O) groups excluding carboxylic acids is 1. The third-order valence-corrected chi connectivity index (χ3v) is 2.10. The molecular weight excluding hydrogens is 236 g/mol. The van der Waals surface area contributed by atoms with Gasteiger partial charge >= 0.3 is 0 Å². The molecule has 0 unspecified atom stereocenters. The molecule has 52 valence electrons. The van der Waals surface area contributed by atoms with Crippen LogP contribution in [0.5, 0.6) is 0 Å². The lowest BCUT2D eigenvalue weighted by atomic mass is 10.2. The van der Waals surface area contributed by atoms with Gasteiger partial charge in [-0.3, -0.25) is 4.79 Å². The van der Waals surface area contributed by atoms with Crippen LogP contribution in [-0.4, -0.2) is 22.5 Å². The standard InChI is InChI=1S/C5H7FINO/c6-3-1-4(5(7)9)8-2-3/h3-4,8H,1-2H2/t3-,4+/m1/s1. The third kappa shape index (κ3) is 1.86. The zero-order valence-electron chi connectivity index (χ0n) is 4.73. The summed E-state index contributed by atoms with van der Waals surface area (Å²) in [5.74, 6) is 0. The molecule has 1 aliphatic rings. The van der Waals surface area contributed by atoms with Crippen LogP contribution in [0.2, 0.25) is 0 Å². The van der Waals surface area contributed by atoms with Gasteiger partial charge in [0.2, 0.25) is 3.79 Å². The molecule has 1 fully saturated rings. The molecule has 0 bridgehead atoms. The monoisotopic (exact) mass is 243 g/mol. The number of nitrogens with one attached hydrogen (secondary N) is 1. The number of halogens is 2. The van der Waals surface area contributed by atoms with Crippen LogP contribution >= 0.6 is 22.6 Å². The van der Waals surface area contributed by atoms with Crippen LogP contribution in [0.3, 0.4) is 0 Å². The minimum Gasteiger partial charge on any atom is -0.304 e. The van der Waals surface area contributed by atoms with Crippen molar-refractivity contribution in [2.45, 2.75) is 18.6 Å². The second-order valence-electron chi connectivity index (χ2n) is 2.10.